The van der Waals surface area contributed by atoms with E-state index >= 15 is 0 Å². The second-order valence-corrected chi connectivity index (χ2v) is 8.96. The van der Waals surface area contributed by atoms with Crippen molar-refractivity contribution in [1.82, 2.24) is 24.8 Å². The molecule has 2 N–H and O–H groups in total. The van der Waals surface area contributed by atoms with Crippen LogP contribution < -0.4 is 10.6 Å². The van der Waals surface area contributed by atoms with Crippen LogP contribution in [0.2, 0.25) is 0 Å². The molecule has 1 saturated heterocycles. The molecule has 1 fully saturated rings. The number of aromatic nitrogens is 4. The van der Waals surface area contributed by atoms with Crippen molar-refractivity contribution >= 4 is 23.3 Å². The van der Waals surface area contributed by atoms with Crippen molar-refractivity contribution in [1.29, 1.82) is 0 Å². The molecular formula is C21H25FN6S. The number of rotatable bonds is 4. The van der Waals surface area contributed by atoms with Crippen LogP contribution in [0.1, 0.15) is 31.9 Å². The van der Waals surface area contributed by atoms with Crippen molar-refractivity contribution in [3.05, 3.63) is 35.9 Å². The molecule has 6 nitrogen and oxygen atoms in total. The van der Waals surface area contributed by atoms with Gasteiger partial charge in [-0.2, -0.15) is 0 Å². The maximum Gasteiger partial charge on any atom is 0.223 e. The number of nitrogens with one attached hydrogen (secondary N) is 2. The molecule has 4 heterocycles. The number of piperidine rings is 1. The second-order valence-electron chi connectivity index (χ2n) is 7.89. The number of thioether (sulfide) groups is 1. The maximum absolute atomic E-state index is 13.9. The van der Waals surface area contributed by atoms with E-state index in [0.29, 0.717) is 18.4 Å². The van der Waals surface area contributed by atoms with Gasteiger partial charge in [-0.1, -0.05) is 24.8 Å². The monoisotopic (exact) mass is 412 g/mol. The molecule has 29 heavy (non-hydrogen) atoms. The molecule has 2 aliphatic heterocycles. The first-order valence-electron chi connectivity index (χ1n) is 10.3. The molecule has 2 aromatic rings. The summed E-state index contributed by atoms with van der Waals surface area (Å²) in [6.45, 7) is 4.83. The topological polar surface area (TPSA) is 67.7 Å². The first-order valence-corrected chi connectivity index (χ1v) is 11.3. The Labute approximate surface area is 174 Å². The van der Waals surface area contributed by atoms with Crippen LogP contribution in [0.5, 0.6) is 0 Å². The second kappa shape index (κ2) is 7.91. The quantitative estimate of drug-likeness (QED) is 0.794. The summed E-state index contributed by atoms with van der Waals surface area (Å²) in [5.74, 6) is 1.49. The molecule has 0 saturated carbocycles. The molecule has 0 bridgehead atoms. The van der Waals surface area contributed by atoms with Crippen LogP contribution in [0.3, 0.4) is 0 Å². The van der Waals surface area contributed by atoms with Crippen LogP contribution in [-0.2, 0) is 6.54 Å². The lowest BCUT2D eigenvalue weighted by molar-refractivity contribution is 0.478. The molecular weight excluding hydrogens is 387 g/mol. The van der Waals surface area contributed by atoms with E-state index in [0.717, 1.165) is 66.0 Å². The molecule has 8 heteroatoms. The number of nitrogens with zero attached hydrogens (tertiary/aromatic N) is 4. The Hall–Kier alpha value is -2.19. The predicted molar refractivity (Wildman–Crippen MR) is 114 cm³/mol. The van der Waals surface area contributed by atoms with Gasteiger partial charge in [0, 0.05) is 37.0 Å². The third kappa shape index (κ3) is 3.71. The van der Waals surface area contributed by atoms with Crippen LogP contribution in [0.25, 0.3) is 17.0 Å². The van der Waals surface area contributed by atoms with E-state index in [4.69, 9.17) is 9.97 Å². The van der Waals surface area contributed by atoms with Gasteiger partial charge in [0.1, 0.15) is 5.83 Å². The van der Waals surface area contributed by atoms with Crippen LogP contribution in [0.4, 0.5) is 10.3 Å². The van der Waals surface area contributed by atoms with Crippen molar-refractivity contribution in [2.24, 2.45) is 5.92 Å². The van der Waals surface area contributed by atoms with E-state index in [1.165, 1.54) is 0 Å². The van der Waals surface area contributed by atoms with Gasteiger partial charge in [0.2, 0.25) is 5.95 Å². The highest BCUT2D eigenvalue weighted by molar-refractivity contribution is 7.99. The zero-order valence-corrected chi connectivity index (χ0v) is 17.3. The Morgan fingerprint density at radius 1 is 1.31 bits per heavy atom. The molecule has 2 unspecified atom stereocenters. The summed E-state index contributed by atoms with van der Waals surface area (Å²) in [5.41, 5.74) is 3.88. The average Bonchev–Trinajstić information content (AvgIpc) is 3.32. The first kappa shape index (κ1) is 18.8. The Balaban J connectivity index is 1.52. The Bertz CT molecular complexity index is 976. The number of fused-ring (bicyclic) bond motifs is 1. The highest BCUT2D eigenvalue weighted by atomic mass is 32.2. The lowest BCUT2D eigenvalue weighted by atomic mass is 9.92. The molecule has 2 atom stereocenters. The summed E-state index contributed by atoms with van der Waals surface area (Å²) < 4.78 is 16.1. The van der Waals surface area contributed by atoms with E-state index in [2.05, 4.69) is 20.2 Å². The highest BCUT2D eigenvalue weighted by Crippen LogP contribution is 2.40. The number of halogens is 1. The van der Waals surface area contributed by atoms with E-state index in [9.17, 15) is 4.39 Å². The van der Waals surface area contributed by atoms with Gasteiger partial charge in [0.15, 0.2) is 5.16 Å². The van der Waals surface area contributed by atoms with Crippen LogP contribution in [0.15, 0.2) is 35.4 Å². The summed E-state index contributed by atoms with van der Waals surface area (Å²) in [4.78, 5) is 14.2. The molecule has 0 aromatic carbocycles. The summed E-state index contributed by atoms with van der Waals surface area (Å²) in [6, 6.07) is 2.30. The predicted octanol–water partition coefficient (Wildman–Crippen LogP) is 3.89. The Kier molecular flexibility index (Phi) is 5.13. The zero-order chi connectivity index (χ0) is 19.8. The summed E-state index contributed by atoms with van der Waals surface area (Å²) in [7, 11) is 0. The normalized spacial score (nSPS) is 24.1. The van der Waals surface area contributed by atoms with Gasteiger partial charge in [0.05, 0.1) is 17.1 Å². The molecule has 152 valence electrons. The van der Waals surface area contributed by atoms with Crippen molar-refractivity contribution in [2.45, 2.75) is 43.9 Å². The number of allylic oxidation sites excluding steroid dienone is 4. The standard InChI is InChI=1S/C21H25FN6S/c1-13-11-14(4-5-16(13)22)18-19(28-9-10-29-21(28)27-18)17-6-8-24-20(26-17)25-15-3-2-7-23-12-15/h4-6,8,13,15,23H,2-3,7,9-12H2,1H3,(H,24,25,26). The summed E-state index contributed by atoms with van der Waals surface area (Å²) in [5, 5.41) is 7.90. The van der Waals surface area contributed by atoms with Gasteiger partial charge in [-0.3, -0.25) is 0 Å². The van der Waals surface area contributed by atoms with Crippen LogP contribution in [0, 0.1) is 5.92 Å². The minimum absolute atomic E-state index is 0.0639. The van der Waals surface area contributed by atoms with Crippen LogP contribution >= 0.6 is 11.8 Å². The molecule has 2 aromatic heterocycles. The third-order valence-corrected chi connectivity index (χ3v) is 6.71. The number of anilines is 1. The summed E-state index contributed by atoms with van der Waals surface area (Å²) >= 11 is 1.76. The number of imidazole rings is 1. The van der Waals surface area contributed by atoms with Crippen molar-refractivity contribution in [3.63, 3.8) is 0 Å². The SMILES string of the molecule is CC1CC(c2nc3n(c2-c2ccnc(NC4CCCNC4)n2)CCS3)=CC=C1F. The van der Waals surface area contributed by atoms with Gasteiger partial charge >= 0.3 is 0 Å². The fourth-order valence-corrected chi connectivity index (χ4v) is 5.15. The van der Waals surface area contributed by atoms with E-state index < -0.39 is 0 Å². The number of hydrogen-bond acceptors (Lipinski definition) is 6. The maximum atomic E-state index is 13.9. The fourth-order valence-electron chi connectivity index (χ4n) is 4.19. The smallest absolute Gasteiger partial charge is 0.223 e. The molecule has 3 aliphatic rings. The van der Waals surface area contributed by atoms with Gasteiger partial charge in [-0.25, -0.2) is 19.3 Å². The molecule has 1 aliphatic carbocycles. The van der Waals surface area contributed by atoms with Crippen molar-refractivity contribution in [3.8, 4) is 11.4 Å². The molecule has 5 rings (SSSR count). The minimum atomic E-state index is -0.117. The van der Waals surface area contributed by atoms with E-state index in [-0.39, 0.29) is 11.7 Å². The average molecular weight is 413 g/mol. The van der Waals surface area contributed by atoms with Crippen molar-refractivity contribution < 1.29 is 4.39 Å². The molecule has 0 radical (unpaired) electrons. The summed E-state index contributed by atoms with van der Waals surface area (Å²) in [6.07, 6.45) is 8.19. The van der Waals surface area contributed by atoms with Crippen LogP contribution in [-0.4, -0.2) is 44.4 Å². The van der Waals surface area contributed by atoms with E-state index in [1.807, 2.05) is 25.3 Å². The zero-order valence-electron chi connectivity index (χ0n) is 16.5. The molecule has 0 spiro atoms. The third-order valence-electron chi connectivity index (χ3n) is 5.75. The Morgan fingerprint density at radius 3 is 3.07 bits per heavy atom. The van der Waals surface area contributed by atoms with Gasteiger partial charge < -0.3 is 15.2 Å². The first-order chi connectivity index (χ1) is 14.2. The fraction of sp³-hybridized carbons (Fsp3) is 0.476. The van der Waals surface area contributed by atoms with Gasteiger partial charge in [-0.15, -0.1) is 0 Å². The number of hydrogen-bond donors (Lipinski definition) is 2. The lowest BCUT2D eigenvalue weighted by Crippen LogP contribution is -2.38. The Morgan fingerprint density at radius 2 is 2.24 bits per heavy atom. The van der Waals surface area contributed by atoms with Gasteiger partial charge in [0.25, 0.3) is 0 Å². The highest BCUT2D eigenvalue weighted by Gasteiger charge is 2.28. The molecule has 0 amide bonds. The minimum Gasteiger partial charge on any atom is -0.350 e. The largest absolute Gasteiger partial charge is 0.350 e. The van der Waals surface area contributed by atoms with Gasteiger partial charge in [-0.05, 0) is 43.5 Å². The van der Waals surface area contributed by atoms with E-state index in [1.54, 1.807) is 17.8 Å². The van der Waals surface area contributed by atoms with Crippen molar-refractivity contribution in [2.75, 3.05) is 24.2 Å². The lowest BCUT2D eigenvalue weighted by Gasteiger charge is -2.23.